The first-order chi connectivity index (χ1) is 19.1. The molecule has 1 amide bonds. The van der Waals surface area contributed by atoms with Gasteiger partial charge in [-0.1, -0.05) is 36.4 Å². The Morgan fingerprint density at radius 3 is 2.59 bits per heavy atom. The number of fused-ring (bicyclic) bond motifs is 1. The molecule has 39 heavy (non-hydrogen) atoms. The number of carbonyl (C=O) groups is 1. The third-order valence-corrected chi connectivity index (χ3v) is 6.34. The first-order valence-corrected chi connectivity index (χ1v) is 12.4. The first-order valence-electron chi connectivity index (χ1n) is 12.4. The summed E-state index contributed by atoms with van der Waals surface area (Å²) in [5, 5.41) is 28.0. The van der Waals surface area contributed by atoms with E-state index < -0.39 is 6.04 Å². The highest BCUT2D eigenvalue weighted by molar-refractivity contribution is 5.98. The molecule has 0 radical (unpaired) electrons. The third kappa shape index (κ3) is 4.90. The van der Waals surface area contributed by atoms with Gasteiger partial charge in [-0.25, -0.2) is 9.97 Å². The molecule has 11 heteroatoms. The zero-order valence-corrected chi connectivity index (χ0v) is 20.9. The van der Waals surface area contributed by atoms with Crippen LogP contribution in [0.3, 0.4) is 0 Å². The van der Waals surface area contributed by atoms with Crippen LogP contribution in [0.2, 0.25) is 0 Å². The molecule has 2 atom stereocenters. The van der Waals surface area contributed by atoms with E-state index in [9.17, 15) is 9.90 Å². The number of hydrogen-bond donors (Lipinski definition) is 4. The van der Waals surface area contributed by atoms with Crippen LogP contribution in [0.15, 0.2) is 83.5 Å². The average Bonchev–Trinajstić information content (AvgIpc) is 3.57. The molecule has 4 N–H and O–H groups in total. The zero-order valence-electron chi connectivity index (χ0n) is 20.9. The second-order valence-electron chi connectivity index (χ2n) is 8.98. The lowest BCUT2D eigenvalue weighted by Crippen LogP contribution is -2.16. The van der Waals surface area contributed by atoms with Crippen molar-refractivity contribution >= 4 is 23.2 Å². The molecule has 0 saturated carbocycles. The van der Waals surface area contributed by atoms with Crippen molar-refractivity contribution in [2.75, 3.05) is 17.2 Å². The Hall–Kier alpha value is -5.16. The second-order valence-corrected chi connectivity index (χ2v) is 8.98. The predicted octanol–water partition coefficient (Wildman–Crippen LogP) is 4.28. The van der Waals surface area contributed by atoms with Gasteiger partial charge in [0.05, 0.1) is 41.2 Å². The Kier molecular flexibility index (Phi) is 6.39. The van der Waals surface area contributed by atoms with Gasteiger partial charge in [0.1, 0.15) is 17.3 Å². The number of pyridine rings is 3. The molecule has 0 bridgehead atoms. The van der Waals surface area contributed by atoms with Crippen LogP contribution in [0.5, 0.6) is 0 Å². The van der Waals surface area contributed by atoms with Crippen molar-refractivity contribution in [2.24, 2.45) is 0 Å². The van der Waals surface area contributed by atoms with Crippen LogP contribution in [0, 0.1) is 0 Å². The van der Waals surface area contributed by atoms with E-state index in [0.717, 1.165) is 5.56 Å². The van der Waals surface area contributed by atoms with Crippen LogP contribution in [0.4, 0.5) is 17.3 Å². The minimum atomic E-state index is -0.408. The third-order valence-electron chi connectivity index (χ3n) is 6.34. The topological polar surface area (TPSA) is 151 Å². The maximum absolute atomic E-state index is 12.1. The molecule has 1 aliphatic heterocycles. The molecule has 1 aliphatic rings. The monoisotopic (exact) mass is 520 g/mol. The lowest BCUT2D eigenvalue weighted by molar-refractivity contribution is 0.0958. The molecule has 0 spiro atoms. The van der Waals surface area contributed by atoms with Crippen molar-refractivity contribution in [3.05, 3.63) is 95.9 Å². The Bertz CT molecular complexity index is 1620. The van der Waals surface area contributed by atoms with Gasteiger partial charge in [-0.05, 0) is 36.8 Å². The van der Waals surface area contributed by atoms with Gasteiger partial charge in [0.25, 0.3) is 17.7 Å². The molecule has 0 aliphatic carbocycles. The molecular weight excluding hydrogens is 496 g/mol. The van der Waals surface area contributed by atoms with Gasteiger partial charge in [0.2, 0.25) is 0 Å². The van der Waals surface area contributed by atoms with Crippen molar-refractivity contribution in [1.82, 2.24) is 30.5 Å². The van der Waals surface area contributed by atoms with Gasteiger partial charge < -0.3 is 25.5 Å². The van der Waals surface area contributed by atoms with E-state index in [2.05, 4.69) is 41.1 Å². The summed E-state index contributed by atoms with van der Waals surface area (Å²) in [6.07, 6.45) is 3.26. The van der Waals surface area contributed by atoms with Crippen LogP contribution < -0.4 is 16.0 Å². The average molecular weight is 521 g/mol. The summed E-state index contributed by atoms with van der Waals surface area (Å²) in [6.45, 7) is 1.74. The summed E-state index contributed by atoms with van der Waals surface area (Å²) < 4.78 is 5.95. The molecule has 11 nitrogen and oxygen atoms in total. The van der Waals surface area contributed by atoms with Gasteiger partial charge in [-0.3, -0.25) is 9.78 Å². The molecule has 1 unspecified atom stereocenters. The number of amides is 1. The van der Waals surface area contributed by atoms with E-state index >= 15 is 0 Å². The van der Waals surface area contributed by atoms with Crippen LogP contribution in [-0.4, -0.2) is 42.8 Å². The first kappa shape index (κ1) is 24.2. The summed E-state index contributed by atoms with van der Waals surface area (Å²) in [6, 6.07) is 19.7. The Morgan fingerprint density at radius 2 is 1.79 bits per heavy atom. The van der Waals surface area contributed by atoms with Gasteiger partial charge >= 0.3 is 0 Å². The summed E-state index contributed by atoms with van der Waals surface area (Å²) in [7, 11) is 0. The lowest BCUT2D eigenvalue weighted by Gasteiger charge is -2.20. The smallest absolute Gasteiger partial charge is 0.266 e. The second kappa shape index (κ2) is 10.3. The summed E-state index contributed by atoms with van der Waals surface area (Å²) in [5.74, 6) is 1.43. The van der Waals surface area contributed by atoms with E-state index in [1.54, 1.807) is 36.7 Å². The van der Waals surface area contributed by atoms with Crippen molar-refractivity contribution in [1.29, 1.82) is 0 Å². The number of aromatic nitrogens is 5. The predicted molar refractivity (Wildman–Crippen MR) is 144 cm³/mol. The number of aliphatic hydroxyl groups is 1. The van der Waals surface area contributed by atoms with Gasteiger partial charge in [0, 0.05) is 18.5 Å². The van der Waals surface area contributed by atoms with Crippen molar-refractivity contribution < 1.29 is 14.3 Å². The Labute approximate surface area is 223 Å². The molecule has 6 rings (SSSR count). The molecule has 5 heterocycles. The zero-order chi connectivity index (χ0) is 26.8. The largest absolute Gasteiger partial charge is 0.414 e. The number of carbonyl (C=O) groups excluding carboxylic acids is 1. The maximum Gasteiger partial charge on any atom is 0.266 e. The number of benzene rings is 1. The number of nitrogens with one attached hydrogen (secondary N) is 3. The molecule has 194 valence electrons. The van der Waals surface area contributed by atoms with E-state index in [1.807, 2.05) is 49.4 Å². The number of aliphatic hydroxyl groups excluding tert-OH is 1. The summed E-state index contributed by atoms with van der Waals surface area (Å²) >= 11 is 0. The highest BCUT2D eigenvalue weighted by Gasteiger charge is 2.27. The fraction of sp³-hybridized carbons (Fsp3) is 0.143. The Morgan fingerprint density at radius 1 is 0.974 bits per heavy atom. The van der Waals surface area contributed by atoms with Crippen molar-refractivity contribution in [3.63, 3.8) is 0 Å². The number of nitrogens with zero attached hydrogens (tertiary/aromatic N) is 5. The fourth-order valence-corrected chi connectivity index (χ4v) is 4.39. The van der Waals surface area contributed by atoms with Crippen LogP contribution in [0.25, 0.3) is 23.0 Å². The normalized spacial score (nSPS) is 14.9. The lowest BCUT2D eigenvalue weighted by atomic mass is 10.1. The van der Waals surface area contributed by atoms with E-state index in [1.165, 1.54) is 0 Å². The SMILES string of the molecule is CC1NC(=O)c2ccc(Nc3cc(N[C@H](CO)c4ccccc4)c(-c4nnc(-c5ccccn5)o4)cn3)nc21. The standard InChI is InChI=1S/C28H24N8O3/c1-16-25-18(26(38)31-16)10-11-23(34-25)33-24-13-21(32-22(15-37)17-7-3-2-4-8-17)19(14-30-24)27-35-36-28(39-27)20-9-5-6-12-29-20/h2-14,16,22,37H,15H2,1H3,(H,31,38)(H2,30,32,33,34)/t16?,22-/m1/s1. The molecule has 0 fully saturated rings. The van der Waals surface area contributed by atoms with Crippen LogP contribution >= 0.6 is 0 Å². The summed E-state index contributed by atoms with van der Waals surface area (Å²) in [4.78, 5) is 25.5. The van der Waals surface area contributed by atoms with Gasteiger partial charge in [-0.15, -0.1) is 10.2 Å². The Balaban J connectivity index is 1.36. The molecule has 1 aromatic carbocycles. The molecule has 0 saturated heterocycles. The summed E-state index contributed by atoms with van der Waals surface area (Å²) in [5.41, 5.74) is 3.86. The van der Waals surface area contributed by atoms with E-state index in [-0.39, 0.29) is 30.3 Å². The highest BCUT2D eigenvalue weighted by atomic mass is 16.4. The highest BCUT2D eigenvalue weighted by Crippen LogP contribution is 2.33. The van der Waals surface area contributed by atoms with Crippen molar-refractivity contribution in [3.8, 4) is 23.0 Å². The van der Waals surface area contributed by atoms with Crippen molar-refractivity contribution in [2.45, 2.75) is 19.0 Å². The molecule has 5 aromatic rings. The number of rotatable bonds is 8. The molecule has 4 aromatic heterocycles. The van der Waals surface area contributed by atoms with Gasteiger partial charge in [0.15, 0.2) is 0 Å². The van der Waals surface area contributed by atoms with E-state index in [4.69, 9.17) is 4.42 Å². The van der Waals surface area contributed by atoms with Crippen LogP contribution in [0.1, 0.15) is 40.6 Å². The maximum atomic E-state index is 12.1. The number of hydrogen-bond acceptors (Lipinski definition) is 10. The van der Waals surface area contributed by atoms with E-state index in [0.29, 0.717) is 39.8 Å². The quantitative estimate of drug-likeness (QED) is 0.233. The minimum Gasteiger partial charge on any atom is -0.414 e. The van der Waals surface area contributed by atoms with Crippen LogP contribution in [-0.2, 0) is 0 Å². The number of anilines is 3. The van der Waals surface area contributed by atoms with Gasteiger partial charge in [-0.2, -0.15) is 0 Å². The minimum absolute atomic E-state index is 0.133. The molecular formula is C28H24N8O3. The fourth-order valence-electron chi connectivity index (χ4n) is 4.39.